The summed E-state index contributed by atoms with van der Waals surface area (Å²) in [5, 5.41) is 14.8. The molecule has 0 aliphatic carbocycles. The molecule has 1 N–H and O–H groups in total. The Kier molecular flexibility index (Phi) is 10.6. The number of halogens is 2. The standard InChI is InChI=1S/C29H32Cl2N4O6S/c1-29(2,3)32-28(37)26(16-20-9-6-5-7-10-20)33(18-21-13-14-24(30)25(31)15-21)27(36)19-34(42(4,40)41)22-11-8-12-23(17-22)35(38)39/h5-15,17,26H,16,18-19H2,1-4H3,(H,32,37)/t26-/m1/s1. The van der Waals surface area contributed by atoms with Crippen LogP contribution in [0.1, 0.15) is 31.9 Å². The van der Waals surface area contributed by atoms with Crippen LogP contribution in [0.25, 0.3) is 0 Å². The molecule has 224 valence electrons. The Morgan fingerprint density at radius 3 is 2.19 bits per heavy atom. The van der Waals surface area contributed by atoms with Gasteiger partial charge in [-0.1, -0.05) is 65.7 Å². The number of non-ortho nitro benzene ring substituents is 1. The van der Waals surface area contributed by atoms with Gasteiger partial charge in [-0.3, -0.25) is 24.0 Å². The number of nitrogens with zero attached hydrogens (tertiary/aromatic N) is 3. The van der Waals surface area contributed by atoms with Crippen LogP contribution < -0.4 is 9.62 Å². The molecule has 0 unspecified atom stereocenters. The highest BCUT2D eigenvalue weighted by molar-refractivity contribution is 7.92. The molecule has 0 saturated heterocycles. The van der Waals surface area contributed by atoms with E-state index in [0.717, 1.165) is 22.2 Å². The molecule has 1 atom stereocenters. The molecule has 3 aromatic carbocycles. The van der Waals surface area contributed by atoms with Gasteiger partial charge >= 0.3 is 0 Å². The minimum atomic E-state index is -4.08. The Morgan fingerprint density at radius 1 is 0.952 bits per heavy atom. The van der Waals surface area contributed by atoms with Gasteiger partial charge in [-0.2, -0.15) is 0 Å². The zero-order chi connectivity index (χ0) is 31.2. The van der Waals surface area contributed by atoms with Crippen molar-refractivity contribution < 1.29 is 22.9 Å². The smallest absolute Gasteiger partial charge is 0.271 e. The quantitative estimate of drug-likeness (QED) is 0.227. The maximum atomic E-state index is 14.1. The van der Waals surface area contributed by atoms with E-state index in [2.05, 4.69) is 5.32 Å². The van der Waals surface area contributed by atoms with E-state index >= 15 is 0 Å². The first-order valence-electron chi connectivity index (χ1n) is 12.9. The second kappa shape index (κ2) is 13.5. The van der Waals surface area contributed by atoms with E-state index in [-0.39, 0.29) is 29.4 Å². The third-order valence-electron chi connectivity index (χ3n) is 6.11. The molecule has 0 fully saturated rings. The molecule has 0 aliphatic heterocycles. The van der Waals surface area contributed by atoms with E-state index in [1.54, 1.807) is 18.2 Å². The summed E-state index contributed by atoms with van der Waals surface area (Å²) in [6, 6.07) is 17.8. The van der Waals surface area contributed by atoms with E-state index in [1.165, 1.54) is 23.1 Å². The molecular formula is C29H32Cl2N4O6S. The molecule has 3 aromatic rings. The summed E-state index contributed by atoms with van der Waals surface area (Å²) in [5.41, 5.74) is 0.297. The van der Waals surface area contributed by atoms with Crippen molar-refractivity contribution in [3.63, 3.8) is 0 Å². The van der Waals surface area contributed by atoms with Crippen LogP contribution >= 0.6 is 23.2 Å². The summed E-state index contributed by atoms with van der Waals surface area (Å²) in [4.78, 5) is 39.8. The zero-order valence-corrected chi connectivity index (χ0v) is 25.9. The first kappa shape index (κ1) is 32.8. The van der Waals surface area contributed by atoms with E-state index in [1.807, 2.05) is 51.1 Å². The van der Waals surface area contributed by atoms with Crippen LogP contribution in [-0.2, 0) is 32.6 Å². The van der Waals surface area contributed by atoms with Gasteiger partial charge in [-0.25, -0.2) is 8.42 Å². The normalized spacial score (nSPS) is 12.3. The lowest BCUT2D eigenvalue weighted by atomic mass is 10.0. The summed E-state index contributed by atoms with van der Waals surface area (Å²) in [6.07, 6.45) is 1.03. The number of nitro benzene ring substituents is 1. The van der Waals surface area contributed by atoms with E-state index in [9.17, 15) is 28.1 Å². The highest BCUT2D eigenvalue weighted by Gasteiger charge is 2.34. The Morgan fingerprint density at radius 2 is 1.62 bits per heavy atom. The van der Waals surface area contributed by atoms with Crippen LogP contribution in [0.2, 0.25) is 10.0 Å². The molecule has 0 spiro atoms. The van der Waals surface area contributed by atoms with Gasteiger partial charge in [0.1, 0.15) is 12.6 Å². The monoisotopic (exact) mass is 634 g/mol. The van der Waals surface area contributed by atoms with Crippen molar-refractivity contribution in [3.05, 3.63) is 104 Å². The van der Waals surface area contributed by atoms with Crippen molar-refractivity contribution in [3.8, 4) is 0 Å². The SMILES string of the molecule is CC(C)(C)NC(=O)[C@@H](Cc1ccccc1)N(Cc1ccc(Cl)c(Cl)c1)C(=O)CN(c1cccc([N+](=O)[O-])c1)S(C)(=O)=O. The molecule has 13 heteroatoms. The number of sulfonamides is 1. The minimum Gasteiger partial charge on any atom is -0.350 e. The fourth-order valence-corrected chi connectivity index (χ4v) is 5.38. The fraction of sp³-hybridized carbons (Fsp3) is 0.310. The zero-order valence-electron chi connectivity index (χ0n) is 23.6. The highest BCUT2D eigenvalue weighted by atomic mass is 35.5. The predicted molar refractivity (Wildman–Crippen MR) is 164 cm³/mol. The number of hydrogen-bond donors (Lipinski definition) is 1. The van der Waals surface area contributed by atoms with Gasteiger partial charge in [-0.15, -0.1) is 0 Å². The molecule has 0 bridgehead atoms. The van der Waals surface area contributed by atoms with Gasteiger partial charge in [0.2, 0.25) is 21.8 Å². The third-order valence-corrected chi connectivity index (χ3v) is 7.99. The molecule has 0 aromatic heterocycles. The van der Waals surface area contributed by atoms with E-state index in [0.29, 0.717) is 10.6 Å². The lowest BCUT2D eigenvalue weighted by Gasteiger charge is -2.35. The molecule has 0 heterocycles. The topological polar surface area (TPSA) is 130 Å². The lowest BCUT2D eigenvalue weighted by molar-refractivity contribution is -0.384. The Bertz CT molecular complexity index is 1560. The molecule has 3 rings (SSSR count). The highest BCUT2D eigenvalue weighted by Crippen LogP contribution is 2.26. The largest absolute Gasteiger partial charge is 0.350 e. The Hall–Kier alpha value is -3.67. The Balaban J connectivity index is 2.11. The first-order valence-corrected chi connectivity index (χ1v) is 15.5. The second-order valence-corrected chi connectivity index (χ2v) is 13.5. The number of nitrogens with one attached hydrogen (secondary N) is 1. The molecular weight excluding hydrogens is 603 g/mol. The van der Waals surface area contributed by atoms with Gasteiger partial charge in [0.15, 0.2) is 0 Å². The van der Waals surface area contributed by atoms with Crippen LogP contribution in [0.4, 0.5) is 11.4 Å². The summed E-state index contributed by atoms with van der Waals surface area (Å²) in [6.45, 7) is 4.61. The number of benzene rings is 3. The minimum absolute atomic E-state index is 0.0618. The molecule has 0 saturated carbocycles. The Labute approximate surface area is 255 Å². The number of carbonyl (C=O) groups excluding carboxylic acids is 2. The van der Waals surface area contributed by atoms with E-state index in [4.69, 9.17) is 23.2 Å². The summed E-state index contributed by atoms with van der Waals surface area (Å²) in [5.74, 6) is -1.15. The van der Waals surface area contributed by atoms with Gasteiger partial charge in [0.05, 0.1) is 26.9 Å². The summed E-state index contributed by atoms with van der Waals surface area (Å²) in [7, 11) is -4.08. The maximum absolute atomic E-state index is 14.1. The molecule has 10 nitrogen and oxygen atoms in total. The van der Waals surface area contributed by atoms with Gasteiger partial charge < -0.3 is 10.2 Å². The summed E-state index contributed by atoms with van der Waals surface area (Å²) >= 11 is 12.3. The lowest BCUT2D eigenvalue weighted by Crippen LogP contribution is -2.56. The van der Waals surface area contributed by atoms with Crippen molar-refractivity contribution in [2.75, 3.05) is 17.1 Å². The number of anilines is 1. The number of hydrogen-bond acceptors (Lipinski definition) is 6. The van der Waals surface area contributed by atoms with Crippen LogP contribution in [0, 0.1) is 10.1 Å². The molecule has 0 radical (unpaired) electrons. The summed E-state index contributed by atoms with van der Waals surface area (Å²) < 4.78 is 26.5. The van der Waals surface area contributed by atoms with Crippen molar-refractivity contribution in [2.45, 2.75) is 45.3 Å². The first-order chi connectivity index (χ1) is 19.5. The molecule has 42 heavy (non-hydrogen) atoms. The molecule has 2 amide bonds. The average molecular weight is 636 g/mol. The number of amides is 2. The van der Waals surface area contributed by atoms with Crippen LogP contribution in [0.3, 0.4) is 0 Å². The number of nitro groups is 1. The van der Waals surface area contributed by atoms with Crippen LogP contribution in [0.5, 0.6) is 0 Å². The third kappa shape index (κ3) is 9.17. The maximum Gasteiger partial charge on any atom is 0.271 e. The average Bonchev–Trinajstić information content (AvgIpc) is 2.90. The van der Waals surface area contributed by atoms with Crippen LogP contribution in [-0.4, -0.2) is 54.4 Å². The number of carbonyl (C=O) groups is 2. The second-order valence-electron chi connectivity index (χ2n) is 10.8. The molecule has 0 aliphatic rings. The van der Waals surface area contributed by atoms with Crippen LogP contribution in [0.15, 0.2) is 72.8 Å². The fourth-order valence-electron chi connectivity index (χ4n) is 4.22. The van der Waals surface area contributed by atoms with Gasteiger partial charge in [0.25, 0.3) is 5.69 Å². The predicted octanol–water partition coefficient (Wildman–Crippen LogP) is 5.22. The van der Waals surface area contributed by atoms with Gasteiger partial charge in [-0.05, 0) is 50.1 Å². The van der Waals surface area contributed by atoms with E-state index < -0.39 is 44.9 Å². The van der Waals surface area contributed by atoms with Crippen molar-refractivity contribution in [2.24, 2.45) is 0 Å². The van der Waals surface area contributed by atoms with Crippen molar-refractivity contribution in [1.82, 2.24) is 10.2 Å². The van der Waals surface area contributed by atoms with Crippen molar-refractivity contribution in [1.29, 1.82) is 0 Å². The van der Waals surface area contributed by atoms with Gasteiger partial charge in [0, 0.05) is 30.6 Å². The van der Waals surface area contributed by atoms with Crippen molar-refractivity contribution >= 4 is 56.4 Å². The number of rotatable bonds is 11.